The molecule has 0 aliphatic heterocycles. The van der Waals surface area contributed by atoms with Crippen LogP contribution in [0.5, 0.6) is 0 Å². The first-order valence-corrected chi connectivity index (χ1v) is 6.86. The zero-order valence-corrected chi connectivity index (χ0v) is 9.48. The van der Waals surface area contributed by atoms with Crippen LogP contribution in [0.15, 0.2) is 0 Å². The summed E-state index contributed by atoms with van der Waals surface area (Å²) >= 11 is 0. The Balaban J connectivity index is 2.14. The summed E-state index contributed by atoms with van der Waals surface area (Å²) in [7, 11) is -3.33. The Morgan fingerprint density at radius 2 is 1.93 bits per heavy atom. The van der Waals surface area contributed by atoms with E-state index in [-0.39, 0.29) is 5.75 Å². The van der Waals surface area contributed by atoms with Gasteiger partial charge < -0.3 is 0 Å². The molecule has 0 radical (unpaired) electrons. The molecule has 1 N–H and O–H groups in total. The van der Waals surface area contributed by atoms with Crippen LogP contribution in [0.1, 0.15) is 39.0 Å². The van der Waals surface area contributed by atoms with E-state index in [0.717, 1.165) is 0 Å². The third kappa shape index (κ3) is 4.39. The van der Waals surface area contributed by atoms with Gasteiger partial charge in [0.05, 0.1) is 5.75 Å². The number of hydrogen-bond donors (Lipinski definition) is 1. The lowest BCUT2D eigenvalue weighted by atomic mass is 9.89. The molecule has 84 valence electrons. The first kappa shape index (κ1) is 11.9. The Kier molecular flexibility index (Phi) is 4.84. The minimum Gasteiger partial charge on any atom is -0.198 e. The van der Waals surface area contributed by atoms with Gasteiger partial charge in [-0.15, -0.1) is 0 Å². The predicted molar refractivity (Wildman–Crippen MR) is 55.1 cm³/mol. The molecule has 1 aliphatic carbocycles. The van der Waals surface area contributed by atoms with Gasteiger partial charge in [-0.1, -0.05) is 19.3 Å². The van der Waals surface area contributed by atoms with Crippen molar-refractivity contribution in [2.75, 3.05) is 12.3 Å². The van der Waals surface area contributed by atoms with Gasteiger partial charge in [0.1, 0.15) is 0 Å². The number of hydrogen-bond acceptors (Lipinski definition) is 4. The molecule has 0 amide bonds. The highest BCUT2D eigenvalue weighted by Crippen LogP contribution is 2.22. The van der Waals surface area contributed by atoms with Gasteiger partial charge in [-0.05, 0) is 25.7 Å². The Labute approximate surface area is 86.1 Å². The second-order valence-corrected chi connectivity index (χ2v) is 5.64. The first-order chi connectivity index (χ1) is 6.64. The second kappa shape index (κ2) is 5.68. The molecule has 1 fully saturated rings. The van der Waals surface area contributed by atoms with Crippen LogP contribution >= 0.6 is 0 Å². The molecule has 1 rings (SSSR count). The average molecular weight is 221 g/mol. The van der Waals surface area contributed by atoms with Crippen LogP contribution in [0, 0.1) is 5.92 Å². The summed E-state index contributed by atoms with van der Waals surface area (Å²) in [5.74, 6) is 0.598. The highest BCUT2D eigenvalue weighted by molar-refractivity contribution is 7.86. The Bertz CT molecular complexity index is 245. The van der Waals surface area contributed by atoms with Crippen molar-refractivity contribution < 1.29 is 12.7 Å². The zero-order valence-electron chi connectivity index (χ0n) is 8.66. The molecular weight excluding hydrogens is 202 g/mol. The fourth-order valence-electron chi connectivity index (χ4n) is 1.69. The molecule has 14 heavy (non-hydrogen) atoms. The molecule has 4 nitrogen and oxygen atoms in total. The van der Waals surface area contributed by atoms with Crippen LogP contribution in [-0.2, 0) is 14.4 Å². The molecule has 1 saturated carbocycles. The summed E-state index contributed by atoms with van der Waals surface area (Å²) in [5.41, 5.74) is 2.56. The molecule has 0 aromatic carbocycles. The molecule has 0 bridgehead atoms. The van der Waals surface area contributed by atoms with Gasteiger partial charge in [0.15, 0.2) is 0 Å². The quantitative estimate of drug-likeness (QED) is 0.714. The van der Waals surface area contributed by atoms with Crippen molar-refractivity contribution in [3.63, 3.8) is 0 Å². The van der Waals surface area contributed by atoms with Crippen LogP contribution in [-0.4, -0.2) is 20.7 Å². The van der Waals surface area contributed by atoms with Gasteiger partial charge in [0.2, 0.25) is 0 Å². The lowest BCUT2D eigenvalue weighted by molar-refractivity contribution is 0.171. The maximum atomic E-state index is 11.0. The van der Waals surface area contributed by atoms with E-state index in [4.69, 9.17) is 0 Å². The molecule has 1 aliphatic rings. The normalized spacial score (nSPS) is 19.8. The van der Waals surface area contributed by atoms with Crippen molar-refractivity contribution in [1.82, 2.24) is 5.48 Å². The zero-order chi connectivity index (χ0) is 10.4. The SMILES string of the molecule is CCS(=O)(=O)ONCC1CCCCC1. The van der Waals surface area contributed by atoms with Crippen molar-refractivity contribution in [2.24, 2.45) is 5.92 Å². The third-order valence-electron chi connectivity index (χ3n) is 2.64. The number of rotatable bonds is 5. The molecule has 0 spiro atoms. The molecule has 0 aromatic heterocycles. The average Bonchev–Trinajstić information content (AvgIpc) is 2.19. The number of nitrogens with one attached hydrogen (secondary N) is 1. The Morgan fingerprint density at radius 3 is 2.50 bits per heavy atom. The molecule has 0 heterocycles. The topological polar surface area (TPSA) is 55.4 Å². The maximum absolute atomic E-state index is 11.0. The molecule has 5 heteroatoms. The van der Waals surface area contributed by atoms with Crippen molar-refractivity contribution >= 4 is 10.1 Å². The van der Waals surface area contributed by atoms with Crippen molar-refractivity contribution in [3.8, 4) is 0 Å². The summed E-state index contributed by atoms with van der Waals surface area (Å²) in [6.45, 7) is 2.22. The number of hydroxylamine groups is 1. The molecular formula is C9H19NO3S. The van der Waals surface area contributed by atoms with E-state index in [1.54, 1.807) is 6.92 Å². The van der Waals surface area contributed by atoms with E-state index in [1.165, 1.54) is 32.1 Å². The highest BCUT2D eigenvalue weighted by Gasteiger charge is 2.14. The Morgan fingerprint density at radius 1 is 1.29 bits per heavy atom. The fourth-order valence-corrected chi connectivity index (χ4v) is 2.06. The summed E-state index contributed by atoms with van der Waals surface area (Å²) in [6, 6.07) is 0. The summed E-state index contributed by atoms with van der Waals surface area (Å²) in [6.07, 6.45) is 6.19. The molecule has 0 atom stereocenters. The monoisotopic (exact) mass is 221 g/mol. The van der Waals surface area contributed by atoms with E-state index in [2.05, 4.69) is 9.76 Å². The summed E-state index contributed by atoms with van der Waals surface area (Å²) in [4.78, 5) is 0. The van der Waals surface area contributed by atoms with E-state index >= 15 is 0 Å². The Hall–Kier alpha value is -0.130. The lowest BCUT2D eigenvalue weighted by Crippen LogP contribution is -2.28. The van der Waals surface area contributed by atoms with Gasteiger partial charge in [-0.3, -0.25) is 0 Å². The van der Waals surface area contributed by atoms with Crippen LogP contribution in [0.2, 0.25) is 0 Å². The second-order valence-electron chi connectivity index (χ2n) is 3.78. The van der Waals surface area contributed by atoms with Crippen LogP contribution in [0.25, 0.3) is 0 Å². The minimum absolute atomic E-state index is 0.0185. The van der Waals surface area contributed by atoms with Crippen LogP contribution in [0.4, 0.5) is 0 Å². The van der Waals surface area contributed by atoms with Gasteiger partial charge in [0.25, 0.3) is 10.1 Å². The molecule has 0 aromatic rings. The highest BCUT2D eigenvalue weighted by atomic mass is 32.2. The van der Waals surface area contributed by atoms with E-state index in [0.29, 0.717) is 12.5 Å². The molecule has 0 saturated heterocycles. The van der Waals surface area contributed by atoms with E-state index in [1.807, 2.05) is 0 Å². The maximum Gasteiger partial charge on any atom is 0.282 e. The van der Waals surface area contributed by atoms with Crippen LogP contribution < -0.4 is 5.48 Å². The van der Waals surface area contributed by atoms with Crippen LogP contribution in [0.3, 0.4) is 0 Å². The van der Waals surface area contributed by atoms with E-state index in [9.17, 15) is 8.42 Å². The fraction of sp³-hybridized carbons (Fsp3) is 1.00. The van der Waals surface area contributed by atoms with Gasteiger partial charge in [-0.25, -0.2) is 0 Å². The summed E-state index contributed by atoms with van der Waals surface area (Å²) in [5, 5.41) is 0. The smallest absolute Gasteiger partial charge is 0.198 e. The third-order valence-corrected chi connectivity index (χ3v) is 3.72. The molecule has 0 unspecified atom stereocenters. The van der Waals surface area contributed by atoms with Gasteiger partial charge >= 0.3 is 0 Å². The summed E-state index contributed by atoms with van der Waals surface area (Å²) < 4.78 is 26.5. The largest absolute Gasteiger partial charge is 0.282 e. The first-order valence-electron chi connectivity index (χ1n) is 5.28. The van der Waals surface area contributed by atoms with Crippen molar-refractivity contribution in [1.29, 1.82) is 0 Å². The lowest BCUT2D eigenvalue weighted by Gasteiger charge is -2.21. The van der Waals surface area contributed by atoms with Crippen molar-refractivity contribution in [2.45, 2.75) is 39.0 Å². The van der Waals surface area contributed by atoms with Gasteiger partial charge in [-0.2, -0.15) is 18.2 Å². The minimum atomic E-state index is -3.33. The standard InChI is InChI=1S/C9H19NO3S/c1-2-14(11,12)13-10-8-9-6-4-3-5-7-9/h9-10H,2-8H2,1H3. The van der Waals surface area contributed by atoms with Crippen molar-refractivity contribution in [3.05, 3.63) is 0 Å². The van der Waals surface area contributed by atoms with Gasteiger partial charge in [0, 0.05) is 6.54 Å². The van der Waals surface area contributed by atoms with E-state index < -0.39 is 10.1 Å². The predicted octanol–water partition coefficient (Wildman–Crippen LogP) is 1.44.